The standard InChI is InChI=1S/C11H14N4S/c12-9-5-8-11(14-6-13-8)10(15-9)7-1-3-16-4-2-7/h5-7H,1-4H2,(H2,12,15)(H,13,14). The number of hydrogen-bond donors (Lipinski definition) is 2. The van der Waals surface area contributed by atoms with Gasteiger partial charge < -0.3 is 10.7 Å². The lowest BCUT2D eigenvalue weighted by Gasteiger charge is -2.21. The maximum absolute atomic E-state index is 5.83. The summed E-state index contributed by atoms with van der Waals surface area (Å²) in [5, 5.41) is 0. The Kier molecular flexibility index (Phi) is 2.47. The first-order valence-corrected chi connectivity index (χ1v) is 6.67. The summed E-state index contributed by atoms with van der Waals surface area (Å²) in [4.78, 5) is 11.9. The Bertz CT molecular complexity index is 502. The van der Waals surface area contributed by atoms with Crippen LogP contribution in [0.5, 0.6) is 0 Å². The summed E-state index contributed by atoms with van der Waals surface area (Å²) < 4.78 is 0. The third kappa shape index (κ3) is 1.65. The third-order valence-corrected chi connectivity index (χ3v) is 4.11. The number of fused-ring (bicyclic) bond motifs is 1. The topological polar surface area (TPSA) is 67.6 Å². The highest BCUT2D eigenvalue weighted by Gasteiger charge is 2.20. The number of rotatable bonds is 1. The first-order valence-electron chi connectivity index (χ1n) is 5.52. The van der Waals surface area contributed by atoms with Crippen LogP contribution in [0.15, 0.2) is 12.4 Å². The Hall–Kier alpha value is -1.23. The Morgan fingerprint density at radius 2 is 2.19 bits per heavy atom. The van der Waals surface area contributed by atoms with Crippen molar-refractivity contribution in [2.75, 3.05) is 17.2 Å². The number of thioether (sulfide) groups is 1. The Balaban J connectivity index is 2.09. The van der Waals surface area contributed by atoms with Gasteiger partial charge in [-0.2, -0.15) is 11.8 Å². The van der Waals surface area contributed by atoms with Crippen LogP contribution in [-0.4, -0.2) is 26.5 Å². The van der Waals surface area contributed by atoms with Gasteiger partial charge in [-0.3, -0.25) is 0 Å². The molecule has 5 heteroatoms. The predicted octanol–water partition coefficient (Wildman–Crippen LogP) is 2.15. The average Bonchev–Trinajstić information content (AvgIpc) is 2.77. The molecule has 0 aromatic carbocycles. The summed E-state index contributed by atoms with van der Waals surface area (Å²) in [5.41, 5.74) is 8.90. The Labute approximate surface area is 98.0 Å². The summed E-state index contributed by atoms with van der Waals surface area (Å²) in [6.07, 6.45) is 4.08. The number of nitrogen functional groups attached to an aromatic ring is 1. The fraction of sp³-hybridized carbons (Fsp3) is 0.455. The molecule has 0 bridgehead atoms. The first-order chi connectivity index (χ1) is 7.84. The molecular weight excluding hydrogens is 220 g/mol. The maximum Gasteiger partial charge on any atom is 0.125 e. The molecule has 1 fully saturated rings. The normalized spacial score (nSPS) is 18.0. The number of nitrogens with zero attached hydrogens (tertiary/aromatic N) is 2. The van der Waals surface area contributed by atoms with Crippen LogP contribution in [0.4, 0.5) is 5.82 Å². The van der Waals surface area contributed by atoms with E-state index < -0.39 is 0 Å². The second-order valence-electron chi connectivity index (χ2n) is 4.12. The highest BCUT2D eigenvalue weighted by atomic mass is 32.2. The lowest BCUT2D eigenvalue weighted by Crippen LogP contribution is -2.11. The van der Waals surface area contributed by atoms with Crippen molar-refractivity contribution in [2.24, 2.45) is 0 Å². The van der Waals surface area contributed by atoms with Crippen molar-refractivity contribution in [3.63, 3.8) is 0 Å². The van der Waals surface area contributed by atoms with E-state index in [9.17, 15) is 0 Å². The molecule has 1 aliphatic heterocycles. The first kappa shape index (κ1) is 9.96. The van der Waals surface area contributed by atoms with Gasteiger partial charge in [0.2, 0.25) is 0 Å². The molecular formula is C11H14N4S. The van der Waals surface area contributed by atoms with Crippen molar-refractivity contribution in [2.45, 2.75) is 18.8 Å². The zero-order valence-corrected chi connectivity index (χ0v) is 9.76. The number of hydrogen-bond acceptors (Lipinski definition) is 4. The van der Waals surface area contributed by atoms with Crippen LogP contribution < -0.4 is 5.73 Å². The van der Waals surface area contributed by atoms with Crippen LogP contribution in [0.25, 0.3) is 11.0 Å². The van der Waals surface area contributed by atoms with E-state index in [2.05, 4.69) is 15.0 Å². The fourth-order valence-corrected chi connectivity index (χ4v) is 3.35. The van der Waals surface area contributed by atoms with Crippen LogP contribution in [0.1, 0.15) is 24.5 Å². The quantitative estimate of drug-likeness (QED) is 0.793. The Morgan fingerprint density at radius 3 is 3.00 bits per heavy atom. The fourth-order valence-electron chi connectivity index (χ4n) is 2.25. The molecule has 3 heterocycles. The van der Waals surface area contributed by atoms with Crippen molar-refractivity contribution in [1.29, 1.82) is 0 Å². The van der Waals surface area contributed by atoms with Gasteiger partial charge in [0.25, 0.3) is 0 Å². The average molecular weight is 234 g/mol. The van der Waals surface area contributed by atoms with Crippen molar-refractivity contribution in [3.05, 3.63) is 18.1 Å². The largest absolute Gasteiger partial charge is 0.384 e. The molecule has 2 aromatic heterocycles. The zero-order chi connectivity index (χ0) is 11.0. The number of pyridine rings is 1. The lowest BCUT2D eigenvalue weighted by atomic mass is 9.97. The van der Waals surface area contributed by atoms with Crippen molar-refractivity contribution >= 4 is 28.6 Å². The number of imidazole rings is 1. The maximum atomic E-state index is 5.83. The second kappa shape index (κ2) is 3.97. The number of H-pyrrole nitrogens is 1. The molecule has 16 heavy (non-hydrogen) atoms. The minimum Gasteiger partial charge on any atom is -0.384 e. The molecule has 0 atom stereocenters. The minimum absolute atomic E-state index is 0.524. The molecule has 0 unspecified atom stereocenters. The molecule has 84 valence electrons. The Morgan fingerprint density at radius 1 is 1.38 bits per heavy atom. The lowest BCUT2D eigenvalue weighted by molar-refractivity contribution is 0.624. The summed E-state index contributed by atoms with van der Waals surface area (Å²) in [7, 11) is 0. The number of aromatic nitrogens is 3. The molecule has 0 spiro atoms. The highest BCUT2D eigenvalue weighted by Crippen LogP contribution is 2.33. The van der Waals surface area contributed by atoms with E-state index in [1.165, 1.54) is 24.3 Å². The predicted molar refractivity (Wildman–Crippen MR) is 67.6 cm³/mol. The molecule has 3 rings (SSSR count). The van der Waals surface area contributed by atoms with Crippen molar-refractivity contribution in [1.82, 2.24) is 15.0 Å². The number of aromatic amines is 1. The molecule has 4 nitrogen and oxygen atoms in total. The highest BCUT2D eigenvalue weighted by molar-refractivity contribution is 7.99. The van der Waals surface area contributed by atoms with E-state index in [4.69, 9.17) is 5.73 Å². The van der Waals surface area contributed by atoms with Gasteiger partial charge in [-0.15, -0.1) is 0 Å². The van der Waals surface area contributed by atoms with Gasteiger partial charge in [-0.25, -0.2) is 9.97 Å². The van der Waals surface area contributed by atoms with Gasteiger partial charge in [0, 0.05) is 12.0 Å². The smallest absolute Gasteiger partial charge is 0.125 e. The molecule has 1 saturated heterocycles. The van der Waals surface area contributed by atoms with Crippen molar-refractivity contribution in [3.8, 4) is 0 Å². The monoisotopic (exact) mass is 234 g/mol. The molecule has 1 aliphatic rings. The SMILES string of the molecule is Nc1cc2[nH]cnc2c(C2CCSCC2)n1. The third-order valence-electron chi connectivity index (χ3n) is 3.06. The van der Waals surface area contributed by atoms with E-state index in [0.717, 1.165) is 16.7 Å². The molecule has 0 radical (unpaired) electrons. The van der Waals surface area contributed by atoms with Crippen LogP contribution >= 0.6 is 11.8 Å². The molecule has 0 amide bonds. The van der Waals surface area contributed by atoms with E-state index >= 15 is 0 Å². The van der Waals surface area contributed by atoms with Crippen LogP contribution in [0.3, 0.4) is 0 Å². The van der Waals surface area contributed by atoms with Gasteiger partial charge in [0.15, 0.2) is 0 Å². The van der Waals surface area contributed by atoms with E-state index in [1.54, 1.807) is 6.33 Å². The minimum atomic E-state index is 0.524. The summed E-state index contributed by atoms with van der Waals surface area (Å²) >= 11 is 2.02. The van der Waals surface area contributed by atoms with Gasteiger partial charge in [0.1, 0.15) is 11.3 Å². The molecule has 3 N–H and O–H groups in total. The van der Waals surface area contributed by atoms with E-state index in [1.807, 2.05) is 17.8 Å². The van der Waals surface area contributed by atoms with E-state index in [-0.39, 0.29) is 0 Å². The molecule has 0 aliphatic carbocycles. The van der Waals surface area contributed by atoms with Crippen molar-refractivity contribution < 1.29 is 0 Å². The second-order valence-corrected chi connectivity index (χ2v) is 5.34. The van der Waals surface area contributed by atoms with Gasteiger partial charge in [0.05, 0.1) is 17.5 Å². The van der Waals surface area contributed by atoms with Gasteiger partial charge in [-0.1, -0.05) is 0 Å². The van der Waals surface area contributed by atoms with Crippen LogP contribution in [0, 0.1) is 0 Å². The number of nitrogens with two attached hydrogens (primary N) is 1. The summed E-state index contributed by atoms with van der Waals surface area (Å²) in [6, 6.07) is 1.85. The summed E-state index contributed by atoms with van der Waals surface area (Å²) in [6.45, 7) is 0. The number of anilines is 1. The number of nitrogens with one attached hydrogen (secondary N) is 1. The van der Waals surface area contributed by atoms with Gasteiger partial charge >= 0.3 is 0 Å². The molecule has 0 saturated carbocycles. The van der Waals surface area contributed by atoms with Crippen LogP contribution in [-0.2, 0) is 0 Å². The van der Waals surface area contributed by atoms with Crippen LogP contribution in [0.2, 0.25) is 0 Å². The van der Waals surface area contributed by atoms with Gasteiger partial charge in [-0.05, 0) is 24.3 Å². The molecule has 2 aromatic rings. The van der Waals surface area contributed by atoms with E-state index in [0.29, 0.717) is 11.7 Å². The summed E-state index contributed by atoms with van der Waals surface area (Å²) in [5.74, 6) is 3.54. The zero-order valence-electron chi connectivity index (χ0n) is 8.94.